The van der Waals surface area contributed by atoms with Crippen molar-refractivity contribution in [3.63, 3.8) is 0 Å². The second kappa shape index (κ2) is 7.18. The van der Waals surface area contributed by atoms with Crippen molar-refractivity contribution >= 4 is 40.9 Å². The van der Waals surface area contributed by atoms with Crippen LogP contribution in [0, 0.1) is 0 Å². The highest BCUT2D eigenvalue weighted by atomic mass is 32.1. The lowest BCUT2D eigenvalue weighted by Crippen LogP contribution is -2.44. The molecular formula is C17H14N4O3S. The predicted octanol–water partition coefficient (Wildman–Crippen LogP) is 1.85. The van der Waals surface area contributed by atoms with Crippen LogP contribution in [0.2, 0.25) is 0 Å². The number of aldehydes is 1. The molecule has 3 rings (SSSR count). The maximum absolute atomic E-state index is 12.4. The number of hydrazine groups is 1. The number of hydrogen-bond donors (Lipinski definition) is 1. The van der Waals surface area contributed by atoms with Crippen molar-refractivity contribution in [3.05, 3.63) is 59.2 Å². The number of rotatable bonds is 4. The number of nitrogens with one attached hydrogen (secondary N) is 1. The highest BCUT2D eigenvalue weighted by Gasteiger charge is 2.17. The molecule has 0 spiro atoms. The van der Waals surface area contributed by atoms with Gasteiger partial charge in [-0.1, -0.05) is 24.3 Å². The third-order valence-electron chi connectivity index (χ3n) is 3.60. The van der Waals surface area contributed by atoms with E-state index in [0.29, 0.717) is 6.29 Å². The fraction of sp³-hybridized carbons (Fsp3) is 0.118. The van der Waals surface area contributed by atoms with Crippen molar-refractivity contribution in [1.29, 1.82) is 0 Å². The van der Waals surface area contributed by atoms with E-state index < -0.39 is 5.91 Å². The van der Waals surface area contributed by atoms with E-state index in [9.17, 15) is 14.4 Å². The van der Waals surface area contributed by atoms with Gasteiger partial charge in [-0.05, 0) is 23.8 Å². The maximum atomic E-state index is 12.4. The van der Waals surface area contributed by atoms with Gasteiger partial charge in [0.1, 0.15) is 11.0 Å². The lowest BCUT2D eigenvalue weighted by atomic mass is 10.1. The van der Waals surface area contributed by atoms with Gasteiger partial charge in [0.05, 0.1) is 23.7 Å². The monoisotopic (exact) mass is 354 g/mol. The average molecular weight is 354 g/mol. The molecule has 0 saturated carbocycles. The molecule has 0 unspecified atom stereocenters. The van der Waals surface area contributed by atoms with Crippen LogP contribution in [-0.2, 0) is 11.2 Å². The lowest BCUT2D eigenvalue weighted by molar-refractivity contribution is -0.123. The normalized spacial score (nSPS) is 10.4. The molecule has 8 heteroatoms. The molecule has 0 atom stereocenters. The van der Waals surface area contributed by atoms with E-state index in [0.717, 1.165) is 33.3 Å². The van der Waals surface area contributed by atoms with Crippen LogP contribution in [-0.4, -0.2) is 38.9 Å². The van der Waals surface area contributed by atoms with Crippen molar-refractivity contribution < 1.29 is 14.4 Å². The van der Waals surface area contributed by atoms with Gasteiger partial charge in [0.2, 0.25) is 5.91 Å². The van der Waals surface area contributed by atoms with E-state index in [1.54, 1.807) is 36.4 Å². The van der Waals surface area contributed by atoms with Crippen LogP contribution in [0.4, 0.5) is 0 Å². The van der Waals surface area contributed by atoms with Crippen molar-refractivity contribution in [2.24, 2.45) is 0 Å². The zero-order chi connectivity index (χ0) is 17.8. The molecule has 7 nitrogen and oxygen atoms in total. The highest BCUT2D eigenvalue weighted by Crippen LogP contribution is 2.14. The Kier molecular flexibility index (Phi) is 4.80. The van der Waals surface area contributed by atoms with E-state index in [1.165, 1.54) is 13.1 Å². The Morgan fingerprint density at radius 2 is 1.92 bits per heavy atom. The molecule has 1 aromatic heterocycles. The number of aromatic nitrogens is 2. The average Bonchev–Trinajstić information content (AvgIpc) is 3.08. The molecule has 1 N–H and O–H groups in total. The lowest BCUT2D eigenvalue weighted by Gasteiger charge is -2.19. The smallest absolute Gasteiger partial charge is 0.272 e. The van der Waals surface area contributed by atoms with Crippen molar-refractivity contribution in [2.45, 2.75) is 6.42 Å². The van der Waals surface area contributed by atoms with Crippen LogP contribution in [0.5, 0.6) is 0 Å². The highest BCUT2D eigenvalue weighted by molar-refractivity contribution is 7.00. The van der Waals surface area contributed by atoms with Crippen molar-refractivity contribution in [2.75, 3.05) is 7.05 Å². The summed E-state index contributed by atoms with van der Waals surface area (Å²) >= 11 is 1.11. The number of carbonyl (C=O) groups is 3. The molecule has 2 aromatic carbocycles. The third kappa shape index (κ3) is 3.69. The molecule has 126 valence electrons. The molecule has 0 aliphatic rings. The zero-order valence-corrected chi connectivity index (χ0v) is 14.1. The minimum atomic E-state index is -0.463. The Morgan fingerprint density at radius 3 is 2.72 bits per heavy atom. The van der Waals surface area contributed by atoms with Crippen molar-refractivity contribution in [1.82, 2.24) is 19.2 Å². The summed E-state index contributed by atoms with van der Waals surface area (Å²) in [6.45, 7) is 0. The Balaban J connectivity index is 1.67. The first-order valence-corrected chi connectivity index (χ1v) is 8.14. The fourth-order valence-electron chi connectivity index (χ4n) is 2.38. The molecule has 0 fully saturated rings. The zero-order valence-electron chi connectivity index (χ0n) is 13.3. The van der Waals surface area contributed by atoms with Crippen LogP contribution in [0.1, 0.15) is 26.3 Å². The SMILES string of the molecule is CN(NC(=O)Cc1ccc2nsnc2c1)C(=O)c1ccccc1C=O. The van der Waals surface area contributed by atoms with Gasteiger partial charge in [-0.15, -0.1) is 0 Å². The summed E-state index contributed by atoms with van der Waals surface area (Å²) < 4.78 is 8.24. The van der Waals surface area contributed by atoms with Gasteiger partial charge in [-0.2, -0.15) is 8.75 Å². The molecular weight excluding hydrogens is 340 g/mol. The van der Waals surface area contributed by atoms with E-state index >= 15 is 0 Å². The van der Waals surface area contributed by atoms with Gasteiger partial charge in [0.25, 0.3) is 5.91 Å². The first-order chi connectivity index (χ1) is 12.1. The maximum Gasteiger partial charge on any atom is 0.272 e. The van der Waals surface area contributed by atoms with Gasteiger partial charge >= 0.3 is 0 Å². The number of fused-ring (bicyclic) bond motifs is 1. The summed E-state index contributed by atoms with van der Waals surface area (Å²) in [5.41, 5.74) is 5.31. The Labute approximate surface area is 147 Å². The number of benzene rings is 2. The Hall–Kier alpha value is -3.13. The molecule has 0 radical (unpaired) electrons. The van der Waals surface area contributed by atoms with Crippen LogP contribution < -0.4 is 5.43 Å². The number of nitrogens with zero attached hydrogens (tertiary/aromatic N) is 3. The predicted molar refractivity (Wildman–Crippen MR) is 93.2 cm³/mol. The van der Waals surface area contributed by atoms with Crippen molar-refractivity contribution in [3.8, 4) is 0 Å². The summed E-state index contributed by atoms with van der Waals surface area (Å²) in [7, 11) is 1.44. The third-order valence-corrected chi connectivity index (χ3v) is 4.15. The van der Waals surface area contributed by atoms with Crippen LogP contribution in [0.3, 0.4) is 0 Å². The molecule has 0 aliphatic heterocycles. The molecule has 2 amide bonds. The van der Waals surface area contributed by atoms with Gasteiger partial charge in [-0.25, -0.2) is 0 Å². The Morgan fingerprint density at radius 1 is 1.16 bits per heavy atom. The standard InChI is InChI=1S/C17H14N4O3S/c1-21(17(24)13-5-3-2-4-12(13)10-22)18-16(23)9-11-6-7-14-15(8-11)20-25-19-14/h2-8,10H,9H2,1H3,(H,18,23). The minimum Gasteiger partial charge on any atom is -0.298 e. The molecule has 25 heavy (non-hydrogen) atoms. The van der Waals surface area contributed by atoms with E-state index in [1.807, 2.05) is 0 Å². The van der Waals surface area contributed by atoms with Gasteiger partial charge < -0.3 is 0 Å². The first-order valence-electron chi connectivity index (χ1n) is 7.41. The summed E-state index contributed by atoms with van der Waals surface area (Å²) in [4.78, 5) is 35.6. The molecule has 0 saturated heterocycles. The number of amides is 2. The summed E-state index contributed by atoms with van der Waals surface area (Å²) in [5.74, 6) is -0.808. The summed E-state index contributed by atoms with van der Waals surface area (Å²) in [5, 5.41) is 1.08. The molecule has 1 heterocycles. The minimum absolute atomic E-state index is 0.0976. The summed E-state index contributed by atoms with van der Waals surface area (Å²) in [6.07, 6.45) is 0.709. The van der Waals surface area contributed by atoms with Gasteiger partial charge in [0, 0.05) is 12.6 Å². The fourth-order valence-corrected chi connectivity index (χ4v) is 2.89. The number of carbonyl (C=O) groups excluding carboxylic acids is 3. The quantitative estimate of drug-likeness (QED) is 0.570. The second-order valence-electron chi connectivity index (χ2n) is 5.37. The molecule has 0 bridgehead atoms. The molecule has 0 aliphatic carbocycles. The van der Waals surface area contributed by atoms with Crippen LogP contribution >= 0.6 is 11.7 Å². The van der Waals surface area contributed by atoms with Crippen LogP contribution in [0.15, 0.2) is 42.5 Å². The van der Waals surface area contributed by atoms with E-state index in [-0.39, 0.29) is 23.5 Å². The van der Waals surface area contributed by atoms with Crippen LogP contribution in [0.25, 0.3) is 11.0 Å². The van der Waals surface area contributed by atoms with Gasteiger partial charge in [0.15, 0.2) is 6.29 Å². The topological polar surface area (TPSA) is 92.3 Å². The largest absolute Gasteiger partial charge is 0.298 e. The Bertz CT molecular complexity index is 954. The number of hydrogen-bond acceptors (Lipinski definition) is 6. The van der Waals surface area contributed by atoms with E-state index in [4.69, 9.17) is 0 Å². The molecule has 3 aromatic rings. The summed E-state index contributed by atoms with van der Waals surface area (Å²) in [6, 6.07) is 11.8. The van der Waals surface area contributed by atoms with E-state index in [2.05, 4.69) is 14.2 Å². The second-order valence-corrected chi connectivity index (χ2v) is 5.90. The van der Waals surface area contributed by atoms with Gasteiger partial charge in [-0.3, -0.25) is 24.8 Å². The first kappa shape index (κ1) is 16.7.